The molecule has 0 spiro atoms. The fourth-order valence-electron chi connectivity index (χ4n) is 2.72. The van der Waals surface area contributed by atoms with Crippen LogP contribution in [0, 0.1) is 5.82 Å². The summed E-state index contributed by atoms with van der Waals surface area (Å²) in [5, 5.41) is 0.491. The molecule has 0 N–H and O–H groups in total. The maximum atomic E-state index is 14.4. The number of para-hydroxylation sites is 1. The van der Waals surface area contributed by atoms with Crippen LogP contribution in [0.1, 0.15) is 19.4 Å². The van der Waals surface area contributed by atoms with Crippen molar-refractivity contribution in [2.75, 3.05) is 6.61 Å². The number of hydrogen-bond donors (Lipinski definition) is 0. The van der Waals surface area contributed by atoms with Gasteiger partial charge in [-0.25, -0.2) is 9.18 Å². The molecular weight excluding hydrogens is 305 g/mol. The van der Waals surface area contributed by atoms with Gasteiger partial charge in [0.05, 0.1) is 12.1 Å². The Morgan fingerprint density at radius 1 is 1.17 bits per heavy atom. The minimum absolute atomic E-state index is 0.310. The Morgan fingerprint density at radius 3 is 2.62 bits per heavy atom. The van der Waals surface area contributed by atoms with E-state index in [2.05, 4.69) is 0 Å². The molecule has 0 aliphatic carbocycles. The standard InChI is InChI=1S/C20H18FNO2/c1-3-24-20(23)14(2)12-15-13-22(16-8-5-4-6-9-16)18-11-7-10-17(21)19(15)18/h4-13H,3H2,1-2H3/b14-12+. The van der Waals surface area contributed by atoms with Crippen LogP contribution in [0.3, 0.4) is 0 Å². The highest BCUT2D eigenvalue weighted by Crippen LogP contribution is 2.29. The Bertz CT molecular complexity index is 910. The minimum atomic E-state index is -0.394. The van der Waals surface area contributed by atoms with Gasteiger partial charge in [0.25, 0.3) is 0 Å². The zero-order chi connectivity index (χ0) is 17.1. The summed E-state index contributed by atoms with van der Waals surface area (Å²) in [5.41, 5.74) is 2.77. The number of aromatic nitrogens is 1. The van der Waals surface area contributed by atoms with Gasteiger partial charge in [-0.05, 0) is 44.2 Å². The molecule has 0 fully saturated rings. The normalized spacial score (nSPS) is 11.7. The lowest BCUT2D eigenvalue weighted by molar-refractivity contribution is -0.138. The lowest BCUT2D eigenvalue weighted by Crippen LogP contribution is -2.04. The van der Waals surface area contributed by atoms with Gasteiger partial charge in [0, 0.05) is 28.4 Å². The summed E-state index contributed by atoms with van der Waals surface area (Å²) in [4.78, 5) is 11.9. The molecule has 3 nitrogen and oxygen atoms in total. The van der Waals surface area contributed by atoms with Crippen molar-refractivity contribution in [3.05, 3.63) is 71.7 Å². The Labute approximate surface area is 140 Å². The van der Waals surface area contributed by atoms with Crippen molar-refractivity contribution in [1.82, 2.24) is 4.57 Å². The van der Waals surface area contributed by atoms with E-state index >= 15 is 0 Å². The minimum Gasteiger partial charge on any atom is -0.463 e. The third-order valence-electron chi connectivity index (χ3n) is 3.81. The topological polar surface area (TPSA) is 31.2 Å². The van der Waals surface area contributed by atoms with E-state index in [-0.39, 0.29) is 5.82 Å². The second-order valence-electron chi connectivity index (χ2n) is 5.47. The molecule has 0 radical (unpaired) electrons. The van der Waals surface area contributed by atoms with Gasteiger partial charge in [0.15, 0.2) is 0 Å². The van der Waals surface area contributed by atoms with Gasteiger partial charge in [-0.1, -0.05) is 24.3 Å². The number of halogens is 1. The van der Waals surface area contributed by atoms with E-state index in [0.717, 1.165) is 11.2 Å². The molecule has 4 heteroatoms. The number of hydrogen-bond acceptors (Lipinski definition) is 2. The highest BCUT2D eigenvalue weighted by Gasteiger charge is 2.14. The van der Waals surface area contributed by atoms with E-state index in [0.29, 0.717) is 23.1 Å². The fraction of sp³-hybridized carbons (Fsp3) is 0.150. The summed E-state index contributed by atoms with van der Waals surface area (Å²) in [5.74, 6) is -0.709. The van der Waals surface area contributed by atoms with Crippen LogP contribution in [0.15, 0.2) is 60.3 Å². The first kappa shape index (κ1) is 16.0. The first-order valence-corrected chi connectivity index (χ1v) is 7.82. The lowest BCUT2D eigenvalue weighted by atomic mass is 10.1. The highest BCUT2D eigenvalue weighted by atomic mass is 19.1. The molecule has 3 rings (SSSR count). The first-order valence-electron chi connectivity index (χ1n) is 7.82. The van der Waals surface area contributed by atoms with Crippen LogP contribution in [-0.4, -0.2) is 17.1 Å². The van der Waals surface area contributed by atoms with Crippen LogP contribution in [-0.2, 0) is 9.53 Å². The molecule has 0 saturated carbocycles. The van der Waals surface area contributed by atoms with Crippen molar-refractivity contribution in [2.24, 2.45) is 0 Å². The average Bonchev–Trinajstić information content (AvgIpc) is 2.96. The number of nitrogens with zero attached hydrogens (tertiary/aromatic N) is 1. The molecule has 2 aromatic carbocycles. The van der Waals surface area contributed by atoms with E-state index in [1.807, 2.05) is 47.2 Å². The molecule has 1 heterocycles. The number of ether oxygens (including phenoxy) is 1. The Balaban J connectivity index is 2.19. The molecule has 1 aromatic heterocycles. The molecule has 3 aromatic rings. The van der Waals surface area contributed by atoms with Crippen molar-refractivity contribution < 1.29 is 13.9 Å². The maximum Gasteiger partial charge on any atom is 0.333 e. The summed E-state index contributed by atoms with van der Waals surface area (Å²) in [6.45, 7) is 3.74. The van der Waals surface area contributed by atoms with Gasteiger partial charge < -0.3 is 9.30 Å². The summed E-state index contributed by atoms with van der Waals surface area (Å²) in [7, 11) is 0. The van der Waals surface area contributed by atoms with Crippen molar-refractivity contribution in [3.63, 3.8) is 0 Å². The maximum absolute atomic E-state index is 14.4. The molecular formula is C20H18FNO2. The Kier molecular flexibility index (Phi) is 4.47. The van der Waals surface area contributed by atoms with Crippen molar-refractivity contribution in [3.8, 4) is 5.69 Å². The van der Waals surface area contributed by atoms with Gasteiger partial charge in [0.1, 0.15) is 5.82 Å². The van der Waals surface area contributed by atoms with Crippen LogP contribution in [0.4, 0.5) is 4.39 Å². The Hall–Kier alpha value is -2.88. The van der Waals surface area contributed by atoms with Gasteiger partial charge in [-0.3, -0.25) is 0 Å². The zero-order valence-corrected chi connectivity index (χ0v) is 13.6. The summed E-state index contributed by atoms with van der Waals surface area (Å²) in [6, 6.07) is 14.7. The van der Waals surface area contributed by atoms with Gasteiger partial charge in [-0.2, -0.15) is 0 Å². The third-order valence-corrected chi connectivity index (χ3v) is 3.81. The second-order valence-corrected chi connectivity index (χ2v) is 5.47. The van der Waals surface area contributed by atoms with E-state index in [4.69, 9.17) is 4.74 Å². The smallest absolute Gasteiger partial charge is 0.333 e. The SMILES string of the molecule is CCOC(=O)/C(C)=C/c1cn(-c2ccccc2)c2cccc(F)c12. The zero-order valence-electron chi connectivity index (χ0n) is 13.6. The van der Waals surface area contributed by atoms with E-state index in [1.165, 1.54) is 6.07 Å². The largest absolute Gasteiger partial charge is 0.463 e. The number of carbonyl (C=O) groups is 1. The number of fused-ring (bicyclic) bond motifs is 1. The van der Waals surface area contributed by atoms with Crippen LogP contribution in [0.5, 0.6) is 0 Å². The number of carbonyl (C=O) groups excluding carboxylic acids is 1. The third kappa shape index (κ3) is 2.95. The van der Waals surface area contributed by atoms with Gasteiger partial charge in [-0.15, -0.1) is 0 Å². The lowest BCUT2D eigenvalue weighted by Gasteiger charge is -2.04. The van der Waals surface area contributed by atoms with E-state index in [9.17, 15) is 9.18 Å². The van der Waals surface area contributed by atoms with Crippen LogP contribution in [0.2, 0.25) is 0 Å². The molecule has 0 atom stereocenters. The monoisotopic (exact) mass is 323 g/mol. The quantitative estimate of drug-likeness (QED) is 0.513. The summed E-state index contributed by atoms with van der Waals surface area (Å²) < 4.78 is 21.3. The van der Waals surface area contributed by atoms with Crippen molar-refractivity contribution in [1.29, 1.82) is 0 Å². The molecule has 0 aliphatic rings. The second kappa shape index (κ2) is 6.71. The van der Waals surface area contributed by atoms with E-state index in [1.54, 1.807) is 26.0 Å². The summed E-state index contributed by atoms with van der Waals surface area (Å²) >= 11 is 0. The van der Waals surface area contributed by atoms with E-state index < -0.39 is 5.97 Å². The Morgan fingerprint density at radius 2 is 1.92 bits per heavy atom. The number of rotatable bonds is 4. The van der Waals surface area contributed by atoms with Crippen molar-refractivity contribution in [2.45, 2.75) is 13.8 Å². The predicted molar refractivity (Wildman–Crippen MR) is 93.5 cm³/mol. The molecule has 0 aliphatic heterocycles. The molecule has 0 bridgehead atoms. The first-order chi connectivity index (χ1) is 11.6. The van der Waals surface area contributed by atoms with Crippen LogP contribution < -0.4 is 0 Å². The molecule has 122 valence electrons. The number of benzene rings is 2. The fourth-order valence-corrected chi connectivity index (χ4v) is 2.72. The predicted octanol–water partition coefficient (Wildman–Crippen LogP) is 4.74. The van der Waals surface area contributed by atoms with Crippen LogP contribution in [0.25, 0.3) is 22.7 Å². The van der Waals surface area contributed by atoms with Gasteiger partial charge >= 0.3 is 5.97 Å². The molecule has 0 amide bonds. The summed E-state index contributed by atoms with van der Waals surface area (Å²) in [6.07, 6.45) is 3.51. The van der Waals surface area contributed by atoms with Gasteiger partial charge in [0.2, 0.25) is 0 Å². The number of esters is 1. The molecule has 0 saturated heterocycles. The highest BCUT2D eigenvalue weighted by molar-refractivity contribution is 5.98. The van der Waals surface area contributed by atoms with Crippen molar-refractivity contribution >= 4 is 22.9 Å². The van der Waals surface area contributed by atoms with Crippen LogP contribution >= 0.6 is 0 Å². The average molecular weight is 323 g/mol. The molecule has 24 heavy (non-hydrogen) atoms. The molecule has 0 unspecified atom stereocenters.